The van der Waals surface area contributed by atoms with Crippen molar-refractivity contribution in [3.05, 3.63) is 71.8 Å². The summed E-state index contributed by atoms with van der Waals surface area (Å²) in [7, 11) is 1.64. The first kappa shape index (κ1) is 17.4. The Balaban J connectivity index is 1.90. The van der Waals surface area contributed by atoms with Gasteiger partial charge in [0.05, 0.1) is 12.5 Å². The van der Waals surface area contributed by atoms with E-state index < -0.39 is 4.87 Å². The normalized spacial score (nSPS) is 24.5. The second-order valence-electron chi connectivity index (χ2n) is 6.47. The molecule has 2 aromatic rings. The molecule has 136 valence electrons. The zero-order valence-electron chi connectivity index (χ0n) is 15.1. The van der Waals surface area contributed by atoms with Crippen LogP contribution in [0.3, 0.4) is 0 Å². The van der Waals surface area contributed by atoms with Crippen LogP contribution in [0.25, 0.3) is 0 Å². The predicted molar refractivity (Wildman–Crippen MR) is 106 cm³/mol. The number of amides is 2. The highest BCUT2D eigenvalue weighted by Crippen LogP contribution is 2.49. The number of amidine groups is 1. The Morgan fingerprint density at radius 1 is 1.15 bits per heavy atom. The summed E-state index contributed by atoms with van der Waals surface area (Å²) in [5, 5.41) is 19.6. The number of nitriles is 1. The number of hydrazine groups is 1. The molecule has 2 heterocycles. The lowest BCUT2D eigenvalue weighted by Crippen LogP contribution is -2.59. The third kappa shape index (κ3) is 2.56. The highest BCUT2D eigenvalue weighted by molar-refractivity contribution is 8.00. The molecule has 7 heteroatoms. The van der Waals surface area contributed by atoms with E-state index in [2.05, 4.69) is 11.2 Å². The van der Waals surface area contributed by atoms with Crippen LogP contribution in [0.5, 0.6) is 0 Å². The van der Waals surface area contributed by atoms with Gasteiger partial charge in [-0.05, 0) is 11.8 Å². The first-order chi connectivity index (χ1) is 13.1. The molecule has 4 rings (SSSR count). The van der Waals surface area contributed by atoms with Gasteiger partial charge in [-0.2, -0.15) is 5.26 Å². The van der Waals surface area contributed by atoms with Gasteiger partial charge in [0, 0.05) is 12.6 Å². The summed E-state index contributed by atoms with van der Waals surface area (Å²) in [6.45, 7) is 0.424. The second kappa shape index (κ2) is 6.63. The summed E-state index contributed by atoms with van der Waals surface area (Å²) >= 11 is 1.44. The number of carbonyl (C=O) groups is 1. The summed E-state index contributed by atoms with van der Waals surface area (Å²) in [4.78, 5) is 11.9. The van der Waals surface area contributed by atoms with E-state index in [1.807, 2.05) is 66.9 Å². The van der Waals surface area contributed by atoms with Crippen molar-refractivity contribution in [2.24, 2.45) is 5.10 Å². The molecule has 2 aliphatic heterocycles. The van der Waals surface area contributed by atoms with Gasteiger partial charge >= 0.3 is 6.03 Å². The lowest BCUT2D eigenvalue weighted by atomic mass is 9.92. The minimum atomic E-state index is -0.965. The minimum Gasteiger partial charge on any atom is -0.244 e. The topological polar surface area (TPSA) is 62.9 Å². The highest BCUT2D eigenvalue weighted by Gasteiger charge is 2.59. The van der Waals surface area contributed by atoms with Crippen LogP contribution < -0.4 is 0 Å². The third-order valence-electron chi connectivity index (χ3n) is 5.03. The van der Waals surface area contributed by atoms with Crippen LogP contribution in [0.2, 0.25) is 0 Å². The van der Waals surface area contributed by atoms with Crippen molar-refractivity contribution in [2.45, 2.75) is 10.8 Å². The Bertz CT molecular complexity index is 926. The molecule has 2 unspecified atom stereocenters. The van der Waals surface area contributed by atoms with E-state index in [1.54, 1.807) is 17.1 Å². The molecule has 0 spiro atoms. The SMILES string of the molecule is CSC1(C#N)C(c2ccccc2)CN2C(=O)N(C)N=C(c3ccccc3)N21. The number of hydrogen-bond donors (Lipinski definition) is 0. The van der Waals surface area contributed by atoms with Gasteiger partial charge in [-0.15, -0.1) is 16.9 Å². The number of carbonyl (C=O) groups excluding carboxylic acids is 1. The molecule has 0 N–H and O–H groups in total. The maximum Gasteiger partial charge on any atom is 0.359 e. The van der Waals surface area contributed by atoms with E-state index in [-0.39, 0.29) is 11.9 Å². The average Bonchev–Trinajstić information content (AvgIpc) is 3.08. The van der Waals surface area contributed by atoms with Crippen molar-refractivity contribution >= 4 is 23.6 Å². The van der Waals surface area contributed by atoms with Gasteiger partial charge in [-0.25, -0.2) is 19.8 Å². The molecule has 0 radical (unpaired) electrons. The van der Waals surface area contributed by atoms with Crippen molar-refractivity contribution in [3.63, 3.8) is 0 Å². The third-order valence-corrected chi connectivity index (χ3v) is 6.20. The van der Waals surface area contributed by atoms with Gasteiger partial charge in [0.1, 0.15) is 6.07 Å². The van der Waals surface area contributed by atoms with Crippen molar-refractivity contribution in [2.75, 3.05) is 19.8 Å². The quantitative estimate of drug-likeness (QED) is 0.823. The number of nitrogens with zero attached hydrogens (tertiary/aromatic N) is 5. The number of fused-ring (bicyclic) bond motifs is 1. The summed E-state index contributed by atoms with van der Waals surface area (Å²) in [6.07, 6.45) is 1.91. The Morgan fingerprint density at radius 2 is 1.78 bits per heavy atom. The van der Waals surface area contributed by atoms with E-state index >= 15 is 0 Å². The molecule has 1 fully saturated rings. The Morgan fingerprint density at radius 3 is 2.37 bits per heavy atom. The molecule has 1 saturated heterocycles. The number of hydrogen-bond acceptors (Lipinski definition) is 5. The molecule has 2 atom stereocenters. The molecular formula is C20H19N5OS. The van der Waals surface area contributed by atoms with E-state index in [4.69, 9.17) is 0 Å². The van der Waals surface area contributed by atoms with Crippen LogP contribution in [0.15, 0.2) is 65.8 Å². The molecule has 0 aliphatic carbocycles. The van der Waals surface area contributed by atoms with E-state index in [0.29, 0.717) is 12.4 Å². The minimum absolute atomic E-state index is 0.164. The van der Waals surface area contributed by atoms with Crippen molar-refractivity contribution < 1.29 is 4.79 Å². The number of thioether (sulfide) groups is 1. The van der Waals surface area contributed by atoms with Crippen LogP contribution in [0, 0.1) is 11.3 Å². The molecular weight excluding hydrogens is 358 g/mol. The van der Waals surface area contributed by atoms with Crippen LogP contribution in [-0.2, 0) is 0 Å². The standard InChI is InChI=1S/C20H19N5OS/c1-23-19(26)24-13-17(15-9-5-3-6-10-15)20(14-21,27-2)25(24)18(22-23)16-11-7-4-8-12-16/h3-12,17H,13H2,1-2H3. The monoisotopic (exact) mass is 377 g/mol. The molecule has 27 heavy (non-hydrogen) atoms. The van der Waals surface area contributed by atoms with E-state index in [0.717, 1.165) is 11.1 Å². The van der Waals surface area contributed by atoms with Gasteiger partial charge in [0.25, 0.3) is 0 Å². The Hall–Kier alpha value is -2.98. The summed E-state index contributed by atoms with van der Waals surface area (Å²) in [6, 6.07) is 21.9. The largest absolute Gasteiger partial charge is 0.359 e. The second-order valence-corrected chi connectivity index (χ2v) is 7.50. The van der Waals surface area contributed by atoms with Gasteiger partial charge < -0.3 is 0 Å². The van der Waals surface area contributed by atoms with E-state index in [9.17, 15) is 10.1 Å². The van der Waals surface area contributed by atoms with Crippen LogP contribution >= 0.6 is 11.8 Å². The van der Waals surface area contributed by atoms with Crippen molar-refractivity contribution in [1.29, 1.82) is 5.26 Å². The first-order valence-electron chi connectivity index (χ1n) is 8.63. The molecule has 0 saturated carbocycles. The predicted octanol–water partition coefficient (Wildman–Crippen LogP) is 3.31. The maximum atomic E-state index is 12.9. The first-order valence-corrected chi connectivity index (χ1v) is 9.85. The molecule has 2 aromatic carbocycles. The zero-order valence-corrected chi connectivity index (χ0v) is 15.9. The molecule has 2 aliphatic rings. The number of benzene rings is 2. The summed E-state index contributed by atoms with van der Waals surface area (Å²) in [5.74, 6) is 0.440. The fourth-order valence-electron chi connectivity index (χ4n) is 3.72. The van der Waals surface area contributed by atoms with Crippen LogP contribution in [0.1, 0.15) is 17.0 Å². The van der Waals surface area contributed by atoms with Crippen LogP contribution in [-0.4, -0.2) is 51.6 Å². The lowest BCUT2D eigenvalue weighted by molar-refractivity contribution is 0.0677. The average molecular weight is 377 g/mol. The van der Waals surface area contributed by atoms with Crippen molar-refractivity contribution in [3.8, 4) is 6.07 Å². The fraction of sp³-hybridized carbons (Fsp3) is 0.250. The van der Waals surface area contributed by atoms with Crippen molar-refractivity contribution in [1.82, 2.24) is 15.0 Å². The molecule has 0 aromatic heterocycles. The summed E-state index contributed by atoms with van der Waals surface area (Å²) in [5.41, 5.74) is 1.90. The Kier molecular flexibility index (Phi) is 4.28. The smallest absolute Gasteiger partial charge is 0.244 e. The fourth-order valence-corrected chi connectivity index (χ4v) is 4.66. The molecule has 0 bridgehead atoms. The number of hydrazone groups is 1. The van der Waals surface area contributed by atoms with Gasteiger partial charge in [-0.1, -0.05) is 60.7 Å². The van der Waals surface area contributed by atoms with Gasteiger partial charge in [0.2, 0.25) is 4.87 Å². The van der Waals surface area contributed by atoms with Gasteiger partial charge in [-0.3, -0.25) is 0 Å². The molecule has 6 nitrogen and oxygen atoms in total. The van der Waals surface area contributed by atoms with Crippen LogP contribution in [0.4, 0.5) is 4.79 Å². The summed E-state index contributed by atoms with van der Waals surface area (Å²) < 4.78 is 0. The zero-order chi connectivity index (χ0) is 19.0. The Labute approximate surface area is 162 Å². The number of rotatable bonds is 3. The highest BCUT2D eigenvalue weighted by atomic mass is 32.2. The molecule has 2 amide bonds. The number of urea groups is 1. The van der Waals surface area contributed by atoms with Gasteiger partial charge in [0.15, 0.2) is 5.84 Å². The lowest BCUT2D eigenvalue weighted by Gasteiger charge is -2.42. The van der Waals surface area contributed by atoms with E-state index in [1.165, 1.54) is 16.8 Å². The maximum absolute atomic E-state index is 12.9.